The fourth-order valence-corrected chi connectivity index (χ4v) is 2.32. The van der Waals surface area contributed by atoms with Crippen LogP contribution in [0.3, 0.4) is 0 Å². The number of hydrogen-bond donors (Lipinski definition) is 0. The number of likely N-dealkylation sites (tertiary alicyclic amines) is 1. The molecule has 1 fully saturated rings. The molecule has 0 N–H and O–H groups in total. The van der Waals surface area contributed by atoms with E-state index < -0.39 is 0 Å². The van der Waals surface area contributed by atoms with Gasteiger partial charge in [0, 0.05) is 6.54 Å². The van der Waals surface area contributed by atoms with Gasteiger partial charge >= 0.3 is 0 Å². The first-order chi connectivity index (χ1) is 7.74. The van der Waals surface area contributed by atoms with Gasteiger partial charge in [-0.2, -0.15) is 0 Å². The van der Waals surface area contributed by atoms with Crippen LogP contribution in [0.2, 0.25) is 0 Å². The van der Waals surface area contributed by atoms with Gasteiger partial charge in [0.15, 0.2) is 0 Å². The van der Waals surface area contributed by atoms with Gasteiger partial charge < -0.3 is 4.74 Å². The molecule has 1 aromatic rings. The predicted octanol–water partition coefficient (Wildman–Crippen LogP) is 2.78. The minimum atomic E-state index is 0.808. The van der Waals surface area contributed by atoms with E-state index in [2.05, 4.69) is 36.9 Å². The molecule has 1 saturated heterocycles. The van der Waals surface area contributed by atoms with Gasteiger partial charge in [0.1, 0.15) is 12.4 Å². The van der Waals surface area contributed by atoms with E-state index in [1.807, 2.05) is 0 Å². The molecular formula is C14H21NO. The third kappa shape index (κ3) is 3.24. The van der Waals surface area contributed by atoms with E-state index in [4.69, 9.17) is 4.74 Å². The zero-order chi connectivity index (χ0) is 11.4. The van der Waals surface area contributed by atoms with Crippen LogP contribution in [0.4, 0.5) is 0 Å². The first-order valence-electron chi connectivity index (χ1n) is 6.17. The predicted molar refractivity (Wildman–Crippen MR) is 67.1 cm³/mol. The summed E-state index contributed by atoms with van der Waals surface area (Å²) in [4.78, 5) is 2.47. The first-order valence-corrected chi connectivity index (χ1v) is 6.17. The average molecular weight is 219 g/mol. The van der Waals surface area contributed by atoms with Crippen LogP contribution in [0.5, 0.6) is 5.75 Å². The molecule has 1 aromatic carbocycles. The van der Waals surface area contributed by atoms with Crippen molar-refractivity contribution < 1.29 is 4.74 Å². The third-order valence-electron chi connectivity index (χ3n) is 3.07. The molecule has 1 aliphatic heterocycles. The van der Waals surface area contributed by atoms with Crippen LogP contribution >= 0.6 is 0 Å². The van der Waals surface area contributed by atoms with Crippen molar-refractivity contribution >= 4 is 0 Å². The van der Waals surface area contributed by atoms with Crippen molar-refractivity contribution in [2.75, 3.05) is 26.2 Å². The molecular weight excluding hydrogens is 198 g/mol. The molecule has 0 aromatic heterocycles. The average Bonchev–Trinajstić information content (AvgIpc) is 2.69. The second kappa shape index (κ2) is 5.35. The summed E-state index contributed by atoms with van der Waals surface area (Å²) in [5.41, 5.74) is 2.55. The fraction of sp³-hybridized carbons (Fsp3) is 0.571. The van der Waals surface area contributed by atoms with Gasteiger partial charge in [-0.1, -0.05) is 6.07 Å². The van der Waals surface area contributed by atoms with Crippen molar-refractivity contribution in [1.29, 1.82) is 0 Å². The van der Waals surface area contributed by atoms with Gasteiger partial charge in [-0.25, -0.2) is 0 Å². The third-order valence-corrected chi connectivity index (χ3v) is 3.07. The lowest BCUT2D eigenvalue weighted by atomic mass is 10.1. The molecule has 0 spiro atoms. The molecule has 0 amide bonds. The van der Waals surface area contributed by atoms with E-state index >= 15 is 0 Å². The first kappa shape index (κ1) is 11.5. The van der Waals surface area contributed by atoms with E-state index in [0.717, 1.165) is 18.9 Å². The van der Waals surface area contributed by atoms with E-state index in [1.54, 1.807) is 0 Å². The summed E-state index contributed by atoms with van der Waals surface area (Å²) in [5.74, 6) is 1.01. The molecule has 2 nitrogen and oxygen atoms in total. The van der Waals surface area contributed by atoms with Crippen molar-refractivity contribution in [1.82, 2.24) is 4.90 Å². The van der Waals surface area contributed by atoms with Crippen molar-refractivity contribution in [2.45, 2.75) is 26.7 Å². The van der Waals surface area contributed by atoms with Crippen molar-refractivity contribution in [3.8, 4) is 5.75 Å². The molecule has 0 bridgehead atoms. The number of ether oxygens (including phenoxy) is 1. The van der Waals surface area contributed by atoms with Crippen LogP contribution in [0.1, 0.15) is 24.0 Å². The lowest BCUT2D eigenvalue weighted by molar-refractivity contribution is 0.237. The van der Waals surface area contributed by atoms with Gasteiger partial charge in [0.25, 0.3) is 0 Å². The summed E-state index contributed by atoms with van der Waals surface area (Å²) in [6.45, 7) is 8.59. The zero-order valence-electron chi connectivity index (χ0n) is 10.3. The molecule has 2 heteroatoms. The smallest absolute Gasteiger partial charge is 0.119 e. The molecule has 1 heterocycles. The standard InChI is InChI=1S/C14H21NO/c1-12-9-13(2)11-14(10-12)16-8-7-15-5-3-4-6-15/h9-11H,3-8H2,1-2H3. The summed E-state index contributed by atoms with van der Waals surface area (Å²) in [6.07, 6.45) is 2.70. The highest BCUT2D eigenvalue weighted by Crippen LogP contribution is 2.16. The second-order valence-corrected chi connectivity index (χ2v) is 4.72. The lowest BCUT2D eigenvalue weighted by Gasteiger charge is -2.15. The molecule has 0 unspecified atom stereocenters. The normalized spacial score (nSPS) is 16.6. The van der Waals surface area contributed by atoms with Crippen LogP contribution in [-0.2, 0) is 0 Å². The maximum atomic E-state index is 5.79. The highest BCUT2D eigenvalue weighted by molar-refractivity contribution is 5.32. The Bertz CT molecular complexity index is 322. The molecule has 0 radical (unpaired) electrons. The van der Waals surface area contributed by atoms with Crippen molar-refractivity contribution in [3.05, 3.63) is 29.3 Å². The van der Waals surface area contributed by atoms with Crippen molar-refractivity contribution in [2.24, 2.45) is 0 Å². The number of aryl methyl sites for hydroxylation is 2. The molecule has 0 atom stereocenters. The maximum absolute atomic E-state index is 5.79. The van der Waals surface area contributed by atoms with Gasteiger partial charge in [0.2, 0.25) is 0 Å². The highest BCUT2D eigenvalue weighted by Gasteiger charge is 2.10. The Hall–Kier alpha value is -1.02. The minimum Gasteiger partial charge on any atom is -0.492 e. The van der Waals surface area contributed by atoms with Crippen LogP contribution in [0.25, 0.3) is 0 Å². The topological polar surface area (TPSA) is 12.5 Å². The van der Waals surface area contributed by atoms with Gasteiger partial charge in [-0.15, -0.1) is 0 Å². The van der Waals surface area contributed by atoms with E-state index in [9.17, 15) is 0 Å². The lowest BCUT2D eigenvalue weighted by Crippen LogP contribution is -2.25. The Morgan fingerprint density at radius 2 is 1.69 bits per heavy atom. The Morgan fingerprint density at radius 3 is 2.31 bits per heavy atom. The molecule has 0 aliphatic carbocycles. The van der Waals surface area contributed by atoms with Crippen LogP contribution < -0.4 is 4.74 Å². The highest BCUT2D eigenvalue weighted by atomic mass is 16.5. The molecule has 16 heavy (non-hydrogen) atoms. The van der Waals surface area contributed by atoms with E-state index in [1.165, 1.54) is 37.1 Å². The van der Waals surface area contributed by atoms with Gasteiger partial charge in [-0.3, -0.25) is 4.90 Å². The quantitative estimate of drug-likeness (QED) is 0.772. The Labute approximate surface area is 98.2 Å². The molecule has 1 aliphatic rings. The number of benzene rings is 1. The van der Waals surface area contributed by atoms with Crippen LogP contribution in [-0.4, -0.2) is 31.1 Å². The second-order valence-electron chi connectivity index (χ2n) is 4.72. The Morgan fingerprint density at radius 1 is 1.06 bits per heavy atom. The molecule has 0 saturated carbocycles. The summed E-state index contributed by atoms with van der Waals surface area (Å²) in [6, 6.07) is 6.39. The maximum Gasteiger partial charge on any atom is 0.119 e. The monoisotopic (exact) mass is 219 g/mol. The van der Waals surface area contributed by atoms with Crippen molar-refractivity contribution in [3.63, 3.8) is 0 Å². The Balaban J connectivity index is 1.80. The zero-order valence-corrected chi connectivity index (χ0v) is 10.3. The SMILES string of the molecule is Cc1cc(C)cc(OCCN2CCCC2)c1. The van der Waals surface area contributed by atoms with Crippen LogP contribution in [0.15, 0.2) is 18.2 Å². The number of hydrogen-bond acceptors (Lipinski definition) is 2. The van der Waals surface area contributed by atoms with Gasteiger partial charge in [0.05, 0.1) is 0 Å². The summed E-state index contributed by atoms with van der Waals surface area (Å²) >= 11 is 0. The minimum absolute atomic E-state index is 0.808. The fourth-order valence-electron chi connectivity index (χ4n) is 2.32. The van der Waals surface area contributed by atoms with Gasteiger partial charge in [-0.05, 0) is 63.0 Å². The molecule has 2 rings (SSSR count). The molecule has 88 valence electrons. The number of rotatable bonds is 4. The summed E-state index contributed by atoms with van der Waals surface area (Å²) in [7, 11) is 0. The summed E-state index contributed by atoms with van der Waals surface area (Å²) in [5, 5.41) is 0. The van der Waals surface area contributed by atoms with E-state index in [-0.39, 0.29) is 0 Å². The number of nitrogens with zero attached hydrogens (tertiary/aromatic N) is 1. The summed E-state index contributed by atoms with van der Waals surface area (Å²) < 4.78 is 5.79. The Kier molecular flexibility index (Phi) is 3.83. The largest absolute Gasteiger partial charge is 0.492 e. The van der Waals surface area contributed by atoms with E-state index in [0.29, 0.717) is 0 Å². The van der Waals surface area contributed by atoms with Crippen LogP contribution in [0, 0.1) is 13.8 Å².